The number of carbonyl (C=O) groups is 3. The van der Waals surface area contributed by atoms with E-state index in [1.54, 1.807) is 26.0 Å². The molecule has 2 saturated heterocycles. The predicted molar refractivity (Wildman–Crippen MR) is 127 cm³/mol. The molecule has 0 unspecified atom stereocenters. The number of rotatable bonds is 10. The van der Waals surface area contributed by atoms with E-state index in [4.69, 9.17) is 18.3 Å². The number of amides is 1. The first-order chi connectivity index (χ1) is 16.6. The number of likely N-dealkylation sites (tertiary alicyclic amines) is 1. The van der Waals surface area contributed by atoms with E-state index in [0.717, 1.165) is 25.2 Å². The van der Waals surface area contributed by atoms with Crippen molar-refractivity contribution < 1.29 is 42.3 Å². The third kappa shape index (κ3) is 7.93. The van der Waals surface area contributed by atoms with Gasteiger partial charge < -0.3 is 0 Å². The van der Waals surface area contributed by atoms with Crippen LogP contribution in [0.5, 0.6) is 0 Å². The van der Waals surface area contributed by atoms with Gasteiger partial charge in [0.15, 0.2) is 0 Å². The van der Waals surface area contributed by atoms with Gasteiger partial charge >= 0.3 is 205 Å². The number of nitrogens with one attached hydrogen (secondary N) is 1. The van der Waals surface area contributed by atoms with Crippen molar-refractivity contribution in [3.05, 3.63) is 35.4 Å². The van der Waals surface area contributed by atoms with Crippen LogP contribution in [0.4, 0.5) is 0 Å². The van der Waals surface area contributed by atoms with Crippen LogP contribution in [0, 0.1) is 5.41 Å². The van der Waals surface area contributed by atoms with Crippen LogP contribution in [-0.2, 0) is 39.2 Å². The normalized spacial score (nSPS) is 22.2. The Morgan fingerprint density at radius 3 is 2.54 bits per heavy atom. The van der Waals surface area contributed by atoms with E-state index < -0.39 is 44.3 Å². The van der Waals surface area contributed by atoms with Gasteiger partial charge in [0.05, 0.1) is 0 Å². The van der Waals surface area contributed by atoms with Gasteiger partial charge in [-0.1, -0.05) is 0 Å². The first-order valence-corrected chi connectivity index (χ1v) is 13.3. The number of ether oxygens (including phenoxy) is 2. The van der Waals surface area contributed by atoms with Crippen molar-refractivity contribution in [3.8, 4) is 0 Å². The number of esters is 2. The Balaban J connectivity index is 1.47. The van der Waals surface area contributed by atoms with Crippen molar-refractivity contribution in [1.29, 1.82) is 0 Å². The fourth-order valence-corrected chi connectivity index (χ4v) is 5.55. The number of benzene rings is 1. The van der Waals surface area contributed by atoms with Gasteiger partial charge in [-0.25, -0.2) is 0 Å². The maximum atomic E-state index is 12.6. The van der Waals surface area contributed by atoms with Crippen molar-refractivity contribution >= 4 is 26.0 Å². The van der Waals surface area contributed by atoms with Gasteiger partial charge in [-0.2, -0.15) is 0 Å². The van der Waals surface area contributed by atoms with Crippen LogP contribution >= 0.6 is 8.17 Å². The summed E-state index contributed by atoms with van der Waals surface area (Å²) in [5.74, 6) is -1.61. The van der Waals surface area contributed by atoms with E-state index in [0.29, 0.717) is 5.56 Å². The SMILES string of the molecule is COC(=O)CCNC(=O)[C@@H]1O[PH](O)(OCOC(=O)c2ccc(CN3CCCC3)cc2)OCC1(C)C. The standard InChI is InChI=1S/C23H35N2O9P/c1-23(2)15-32-35(29,34-20(23)21(27)24-11-10-19(26)30-3)33-16-31-22(28)18-8-6-17(7-9-18)14-25-12-4-5-13-25/h6-9,20,29,35H,4-5,10-16H2,1-3H3,(H,24,27)/t20-/m0/s1. The van der Waals surface area contributed by atoms with E-state index in [2.05, 4.69) is 15.0 Å². The molecule has 2 heterocycles. The molecule has 2 N–H and O–H groups in total. The Labute approximate surface area is 205 Å². The van der Waals surface area contributed by atoms with Crippen molar-refractivity contribution in [2.75, 3.05) is 40.1 Å². The molecular weight excluding hydrogens is 479 g/mol. The molecule has 1 aromatic carbocycles. The van der Waals surface area contributed by atoms with Crippen LogP contribution in [0.1, 0.15) is 49.0 Å². The van der Waals surface area contributed by atoms with Gasteiger partial charge in [-0.15, -0.1) is 0 Å². The number of carbonyl (C=O) groups excluding carboxylic acids is 3. The topological polar surface area (TPSA) is 133 Å². The van der Waals surface area contributed by atoms with Crippen LogP contribution in [-0.4, -0.2) is 73.9 Å². The summed E-state index contributed by atoms with van der Waals surface area (Å²) >= 11 is 0. The van der Waals surface area contributed by atoms with Gasteiger partial charge in [-0.05, 0) is 0 Å². The summed E-state index contributed by atoms with van der Waals surface area (Å²) in [6.45, 7) is 5.93. The minimum absolute atomic E-state index is 0.000722. The molecule has 196 valence electrons. The third-order valence-corrected chi connectivity index (χ3v) is 7.45. The van der Waals surface area contributed by atoms with Crippen molar-refractivity contribution in [1.82, 2.24) is 10.2 Å². The average Bonchev–Trinajstić information content (AvgIpc) is 3.34. The molecule has 0 radical (unpaired) electrons. The summed E-state index contributed by atoms with van der Waals surface area (Å²) in [6.07, 6.45) is 1.33. The van der Waals surface area contributed by atoms with Crippen LogP contribution in [0.3, 0.4) is 0 Å². The van der Waals surface area contributed by atoms with E-state index >= 15 is 0 Å². The zero-order valence-electron chi connectivity index (χ0n) is 20.4. The fraction of sp³-hybridized carbons (Fsp3) is 0.609. The summed E-state index contributed by atoms with van der Waals surface area (Å²) in [4.78, 5) is 49.2. The molecule has 0 aromatic heterocycles. The molecule has 2 aliphatic heterocycles. The number of methoxy groups -OCH3 is 1. The molecule has 2 fully saturated rings. The Kier molecular flexibility index (Phi) is 9.57. The predicted octanol–water partition coefficient (Wildman–Crippen LogP) is 1.94. The Morgan fingerprint density at radius 1 is 1.20 bits per heavy atom. The minimum atomic E-state index is -4.25. The summed E-state index contributed by atoms with van der Waals surface area (Å²) in [6, 6.07) is 7.14. The van der Waals surface area contributed by atoms with E-state index in [1.807, 2.05) is 12.1 Å². The second-order valence-corrected chi connectivity index (χ2v) is 11.2. The third-order valence-electron chi connectivity index (χ3n) is 5.92. The molecule has 0 saturated carbocycles. The molecular formula is C23H35N2O9P. The number of hydrogen-bond donors (Lipinski definition) is 2. The monoisotopic (exact) mass is 514 g/mol. The zero-order chi connectivity index (χ0) is 25.5. The first-order valence-electron chi connectivity index (χ1n) is 11.6. The van der Waals surface area contributed by atoms with Gasteiger partial charge in [0, 0.05) is 0 Å². The Hall–Kier alpha value is -2.14. The fourth-order valence-electron chi connectivity index (χ4n) is 3.85. The van der Waals surface area contributed by atoms with Crippen LogP contribution in [0.25, 0.3) is 0 Å². The van der Waals surface area contributed by atoms with Crippen molar-refractivity contribution in [2.45, 2.75) is 45.8 Å². The van der Waals surface area contributed by atoms with Crippen LogP contribution in [0.15, 0.2) is 24.3 Å². The molecule has 0 bridgehead atoms. The molecule has 0 aliphatic carbocycles. The van der Waals surface area contributed by atoms with Gasteiger partial charge in [0.2, 0.25) is 0 Å². The molecule has 11 nitrogen and oxygen atoms in total. The Morgan fingerprint density at radius 2 is 1.89 bits per heavy atom. The summed E-state index contributed by atoms with van der Waals surface area (Å²) in [5, 5.41) is 2.58. The van der Waals surface area contributed by atoms with Gasteiger partial charge in [0.1, 0.15) is 0 Å². The first kappa shape index (κ1) is 27.4. The molecule has 1 aromatic rings. The zero-order valence-corrected chi connectivity index (χ0v) is 21.4. The van der Waals surface area contributed by atoms with Gasteiger partial charge in [0.25, 0.3) is 0 Å². The second-order valence-electron chi connectivity index (χ2n) is 9.29. The van der Waals surface area contributed by atoms with Crippen molar-refractivity contribution in [3.63, 3.8) is 0 Å². The van der Waals surface area contributed by atoms with E-state index in [1.165, 1.54) is 20.0 Å². The summed E-state index contributed by atoms with van der Waals surface area (Å²) in [7, 11) is -2.99. The molecule has 1 amide bonds. The number of hydrogen-bond acceptors (Lipinski definition) is 10. The molecule has 3 rings (SSSR count). The Bertz CT molecular complexity index is 889. The summed E-state index contributed by atoms with van der Waals surface area (Å²) < 4.78 is 25.8. The van der Waals surface area contributed by atoms with E-state index in [9.17, 15) is 19.3 Å². The second kappa shape index (κ2) is 12.2. The molecule has 2 aliphatic rings. The summed E-state index contributed by atoms with van der Waals surface area (Å²) in [5.41, 5.74) is 0.691. The molecule has 1 atom stereocenters. The average molecular weight is 515 g/mol. The maximum absolute atomic E-state index is 12.6. The van der Waals surface area contributed by atoms with Crippen LogP contribution in [0.2, 0.25) is 0 Å². The van der Waals surface area contributed by atoms with Gasteiger partial charge in [-0.3, -0.25) is 0 Å². The van der Waals surface area contributed by atoms with Crippen molar-refractivity contribution in [2.24, 2.45) is 5.41 Å². The molecule has 0 spiro atoms. The molecule has 35 heavy (non-hydrogen) atoms. The van der Waals surface area contributed by atoms with Crippen LogP contribution < -0.4 is 5.32 Å². The number of nitrogens with zero attached hydrogens (tertiary/aromatic N) is 1. The quantitative estimate of drug-likeness (QED) is 0.271. The molecule has 12 heteroatoms. The van der Waals surface area contributed by atoms with E-state index in [-0.39, 0.29) is 19.6 Å².